The Morgan fingerprint density at radius 2 is 1.71 bits per heavy atom. The van der Waals surface area contributed by atoms with E-state index in [4.69, 9.17) is 0 Å². The maximum atomic E-state index is 12.8. The van der Waals surface area contributed by atoms with Crippen LogP contribution in [0.4, 0.5) is 11.5 Å². The molecule has 0 fully saturated rings. The van der Waals surface area contributed by atoms with Gasteiger partial charge in [-0.05, 0) is 49.0 Å². The molecule has 8 nitrogen and oxygen atoms in total. The zero-order valence-corrected chi connectivity index (χ0v) is 20.3. The van der Waals surface area contributed by atoms with Gasteiger partial charge in [-0.25, -0.2) is 0 Å². The third-order valence-electron chi connectivity index (χ3n) is 5.64. The standard InChI is InChI=1S/C25H28N6O2S/c1-4-31(5-2)16-17-11-13-18(14-12-17)23(32)26-22-20-15-21(34-25(20)28-27-22)24(33)29-30(3)19-9-7-6-8-10-19/h6-15H,4-5,16H2,1-3H3,(H,29,33)(H2,26,27,28,32). The second-order valence-electron chi connectivity index (χ2n) is 7.88. The van der Waals surface area contributed by atoms with Gasteiger partial charge in [-0.2, -0.15) is 5.10 Å². The Hall–Kier alpha value is -3.69. The average molecular weight is 477 g/mol. The molecule has 0 spiro atoms. The van der Waals surface area contributed by atoms with Gasteiger partial charge in [0.15, 0.2) is 0 Å². The fourth-order valence-electron chi connectivity index (χ4n) is 3.59. The molecular weight excluding hydrogens is 448 g/mol. The van der Waals surface area contributed by atoms with Crippen molar-refractivity contribution in [3.8, 4) is 0 Å². The van der Waals surface area contributed by atoms with Crippen molar-refractivity contribution in [1.29, 1.82) is 0 Å². The van der Waals surface area contributed by atoms with E-state index in [1.807, 2.05) is 54.6 Å². The predicted molar refractivity (Wildman–Crippen MR) is 137 cm³/mol. The number of thiophene rings is 1. The van der Waals surface area contributed by atoms with Gasteiger partial charge in [0.1, 0.15) is 10.6 Å². The molecule has 0 bridgehead atoms. The van der Waals surface area contributed by atoms with E-state index < -0.39 is 0 Å². The lowest BCUT2D eigenvalue weighted by molar-refractivity contribution is 0.0954. The van der Waals surface area contributed by atoms with Crippen LogP contribution in [-0.4, -0.2) is 47.0 Å². The maximum Gasteiger partial charge on any atom is 0.279 e. The number of H-pyrrole nitrogens is 1. The van der Waals surface area contributed by atoms with E-state index in [0.717, 1.165) is 30.9 Å². The normalized spacial score (nSPS) is 11.1. The van der Waals surface area contributed by atoms with E-state index in [0.29, 0.717) is 26.5 Å². The fraction of sp³-hybridized carbons (Fsp3) is 0.240. The highest BCUT2D eigenvalue weighted by Crippen LogP contribution is 2.29. The maximum absolute atomic E-state index is 12.8. The quantitative estimate of drug-likeness (QED) is 0.309. The van der Waals surface area contributed by atoms with Crippen molar-refractivity contribution in [2.24, 2.45) is 0 Å². The SMILES string of the molecule is CCN(CC)Cc1ccc(C(=O)Nc2[nH]nc3sc(C(=O)NN(C)c4ccccc4)cc23)cc1. The van der Waals surface area contributed by atoms with Crippen molar-refractivity contribution >= 4 is 44.9 Å². The van der Waals surface area contributed by atoms with E-state index in [1.165, 1.54) is 11.3 Å². The number of carbonyl (C=O) groups is 2. The van der Waals surface area contributed by atoms with Crippen LogP contribution in [-0.2, 0) is 6.54 Å². The number of aromatic nitrogens is 2. The molecule has 4 rings (SSSR count). The number of nitrogens with one attached hydrogen (secondary N) is 3. The zero-order valence-electron chi connectivity index (χ0n) is 19.5. The molecule has 2 aromatic carbocycles. The summed E-state index contributed by atoms with van der Waals surface area (Å²) in [7, 11) is 1.78. The Bertz CT molecular complexity index is 1260. The molecule has 4 aromatic rings. The molecule has 3 N–H and O–H groups in total. The van der Waals surface area contributed by atoms with Gasteiger partial charge in [-0.3, -0.25) is 30.0 Å². The van der Waals surface area contributed by atoms with Gasteiger partial charge in [0.25, 0.3) is 11.8 Å². The van der Waals surface area contributed by atoms with Crippen LogP contribution in [0.5, 0.6) is 0 Å². The van der Waals surface area contributed by atoms with Gasteiger partial charge < -0.3 is 5.32 Å². The molecule has 9 heteroatoms. The van der Waals surface area contributed by atoms with Crippen molar-refractivity contribution in [1.82, 2.24) is 20.5 Å². The minimum Gasteiger partial charge on any atom is -0.306 e. The van der Waals surface area contributed by atoms with E-state index >= 15 is 0 Å². The molecule has 2 amide bonds. The lowest BCUT2D eigenvalue weighted by Gasteiger charge is -2.19. The minimum absolute atomic E-state index is 0.235. The topological polar surface area (TPSA) is 93.4 Å². The summed E-state index contributed by atoms with van der Waals surface area (Å²) >= 11 is 1.26. The number of rotatable bonds is 9. The van der Waals surface area contributed by atoms with Crippen LogP contribution >= 0.6 is 11.3 Å². The number of benzene rings is 2. The zero-order chi connectivity index (χ0) is 24.1. The molecule has 2 aromatic heterocycles. The molecule has 0 saturated heterocycles. The minimum atomic E-state index is -0.240. The number of nitrogens with zero attached hydrogens (tertiary/aromatic N) is 3. The molecule has 0 aliphatic heterocycles. The van der Waals surface area contributed by atoms with Gasteiger partial charge >= 0.3 is 0 Å². The van der Waals surface area contributed by atoms with Crippen molar-refractivity contribution in [2.45, 2.75) is 20.4 Å². The highest BCUT2D eigenvalue weighted by molar-refractivity contribution is 7.20. The number of hydrazine groups is 1. The number of hydrogen-bond donors (Lipinski definition) is 3. The van der Waals surface area contributed by atoms with Gasteiger partial charge in [0.05, 0.1) is 16.0 Å². The monoisotopic (exact) mass is 476 g/mol. The van der Waals surface area contributed by atoms with Crippen LogP contribution in [0.25, 0.3) is 10.2 Å². The number of amides is 2. The molecule has 0 radical (unpaired) electrons. The van der Waals surface area contributed by atoms with Crippen LogP contribution in [0.1, 0.15) is 39.4 Å². The summed E-state index contributed by atoms with van der Waals surface area (Å²) in [4.78, 5) is 29.0. The molecule has 2 heterocycles. The van der Waals surface area contributed by atoms with Crippen LogP contribution in [0.2, 0.25) is 0 Å². The number of anilines is 2. The summed E-state index contributed by atoms with van der Waals surface area (Å²) in [5.41, 5.74) is 5.45. The molecule has 0 unspecified atom stereocenters. The van der Waals surface area contributed by atoms with Crippen LogP contribution in [0.3, 0.4) is 0 Å². The molecule has 0 aliphatic rings. The first-order chi connectivity index (χ1) is 16.5. The average Bonchev–Trinajstić information content (AvgIpc) is 3.45. The van der Waals surface area contributed by atoms with Crippen molar-refractivity contribution in [3.05, 3.63) is 76.7 Å². The van der Waals surface area contributed by atoms with Crippen molar-refractivity contribution in [2.75, 3.05) is 30.5 Å². The highest BCUT2D eigenvalue weighted by Gasteiger charge is 2.18. The fourth-order valence-corrected chi connectivity index (χ4v) is 4.48. The Morgan fingerprint density at radius 1 is 1.00 bits per heavy atom. The van der Waals surface area contributed by atoms with E-state index in [1.54, 1.807) is 18.1 Å². The molecule has 0 saturated carbocycles. The van der Waals surface area contributed by atoms with E-state index in [9.17, 15) is 9.59 Å². The largest absolute Gasteiger partial charge is 0.306 e. The van der Waals surface area contributed by atoms with Crippen molar-refractivity contribution < 1.29 is 9.59 Å². The second-order valence-corrected chi connectivity index (χ2v) is 8.91. The van der Waals surface area contributed by atoms with Crippen LogP contribution in [0.15, 0.2) is 60.7 Å². The lowest BCUT2D eigenvalue weighted by atomic mass is 10.1. The van der Waals surface area contributed by atoms with Gasteiger partial charge in [-0.1, -0.05) is 44.2 Å². The lowest BCUT2D eigenvalue weighted by Crippen LogP contribution is -2.38. The van der Waals surface area contributed by atoms with Crippen LogP contribution in [0, 0.1) is 0 Å². The summed E-state index contributed by atoms with van der Waals surface area (Å²) in [6.45, 7) is 7.10. The molecule has 0 aliphatic carbocycles. The van der Waals surface area contributed by atoms with Gasteiger partial charge in [-0.15, -0.1) is 11.3 Å². The predicted octanol–water partition coefficient (Wildman–Crippen LogP) is 4.50. The smallest absolute Gasteiger partial charge is 0.279 e. The number of carbonyl (C=O) groups excluding carboxylic acids is 2. The Kier molecular flexibility index (Phi) is 7.24. The number of fused-ring (bicyclic) bond motifs is 1. The molecular formula is C25H28N6O2S. The van der Waals surface area contributed by atoms with Crippen LogP contribution < -0.4 is 15.8 Å². The first-order valence-corrected chi connectivity index (χ1v) is 12.0. The van der Waals surface area contributed by atoms with E-state index in [-0.39, 0.29) is 11.8 Å². The highest BCUT2D eigenvalue weighted by atomic mass is 32.1. The third kappa shape index (κ3) is 5.27. The summed E-state index contributed by atoms with van der Waals surface area (Å²) < 4.78 is 0. The van der Waals surface area contributed by atoms with E-state index in [2.05, 4.69) is 39.7 Å². The second kappa shape index (κ2) is 10.5. The molecule has 0 atom stereocenters. The first kappa shape index (κ1) is 23.5. The Labute approximate surface area is 202 Å². The molecule has 176 valence electrons. The number of aromatic amines is 1. The number of hydrogen-bond acceptors (Lipinski definition) is 6. The summed E-state index contributed by atoms with van der Waals surface area (Å²) in [5, 5.41) is 12.4. The summed E-state index contributed by atoms with van der Waals surface area (Å²) in [5.74, 6) is -0.00435. The molecule has 34 heavy (non-hydrogen) atoms. The number of para-hydroxylation sites is 1. The Morgan fingerprint density at radius 3 is 2.38 bits per heavy atom. The third-order valence-corrected chi connectivity index (χ3v) is 6.67. The summed E-state index contributed by atoms with van der Waals surface area (Å²) in [6, 6.07) is 18.9. The summed E-state index contributed by atoms with van der Waals surface area (Å²) in [6.07, 6.45) is 0. The van der Waals surface area contributed by atoms with Gasteiger partial charge in [0, 0.05) is 19.2 Å². The Balaban J connectivity index is 1.43. The van der Waals surface area contributed by atoms with Crippen molar-refractivity contribution in [3.63, 3.8) is 0 Å². The van der Waals surface area contributed by atoms with Gasteiger partial charge in [0.2, 0.25) is 0 Å². The first-order valence-electron chi connectivity index (χ1n) is 11.2.